The zero-order valence-electron chi connectivity index (χ0n) is 17.7. The summed E-state index contributed by atoms with van der Waals surface area (Å²) in [7, 11) is 0. The summed E-state index contributed by atoms with van der Waals surface area (Å²) in [5, 5.41) is 3.10. The van der Waals surface area contributed by atoms with Gasteiger partial charge in [-0.15, -0.1) is 0 Å². The van der Waals surface area contributed by atoms with Crippen LogP contribution in [-0.2, 0) is 9.59 Å². The first-order chi connectivity index (χ1) is 15.1. The molecule has 2 aliphatic carbocycles. The number of rotatable bonds is 4. The SMILES string of the molecule is Nc1ccc(Cl)cc1C(=O)N1CCN(C(=O)CNC(=O)C2CC23CCC(F)(F)CC3)CC1. The summed E-state index contributed by atoms with van der Waals surface area (Å²) in [6.07, 6.45) is 1.01. The molecule has 174 valence electrons. The van der Waals surface area contributed by atoms with E-state index in [-0.39, 0.29) is 48.4 Å². The van der Waals surface area contributed by atoms with E-state index in [4.69, 9.17) is 17.3 Å². The normalized spacial score (nSPS) is 23.7. The van der Waals surface area contributed by atoms with Gasteiger partial charge in [-0.25, -0.2) is 8.78 Å². The predicted molar refractivity (Wildman–Crippen MR) is 115 cm³/mol. The third-order valence-corrected chi connectivity index (χ3v) is 7.30. The Kier molecular flexibility index (Phi) is 6.04. The Morgan fingerprint density at radius 1 is 1.06 bits per heavy atom. The molecule has 1 aromatic carbocycles. The maximum Gasteiger partial charge on any atom is 0.256 e. The lowest BCUT2D eigenvalue weighted by Crippen LogP contribution is -2.52. The monoisotopic (exact) mass is 468 g/mol. The molecule has 7 nitrogen and oxygen atoms in total. The Morgan fingerprint density at radius 2 is 1.69 bits per heavy atom. The van der Waals surface area contributed by atoms with Crippen LogP contribution < -0.4 is 11.1 Å². The van der Waals surface area contributed by atoms with Gasteiger partial charge in [0, 0.05) is 55.6 Å². The Bertz CT molecular complexity index is 924. The zero-order chi connectivity index (χ0) is 23.1. The van der Waals surface area contributed by atoms with Crippen LogP contribution >= 0.6 is 11.6 Å². The minimum Gasteiger partial charge on any atom is -0.398 e. The summed E-state index contributed by atoms with van der Waals surface area (Å²) >= 11 is 5.96. The fourth-order valence-corrected chi connectivity index (χ4v) is 5.00. The van der Waals surface area contributed by atoms with Gasteiger partial charge in [-0.1, -0.05) is 11.6 Å². The molecule has 0 bridgehead atoms. The number of piperazine rings is 1. The molecule has 0 aromatic heterocycles. The number of nitrogens with two attached hydrogens (primary N) is 1. The van der Waals surface area contributed by atoms with Crippen LogP contribution in [0.3, 0.4) is 0 Å². The lowest BCUT2D eigenvalue weighted by Gasteiger charge is -2.35. The molecular formula is C22H27ClF2N4O3. The maximum atomic E-state index is 13.4. The average Bonchev–Trinajstić information content (AvgIpc) is 3.50. The molecule has 1 unspecified atom stereocenters. The highest BCUT2D eigenvalue weighted by Gasteiger charge is 2.60. The predicted octanol–water partition coefficient (Wildman–Crippen LogP) is 2.54. The van der Waals surface area contributed by atoms with Crippen molar-refractivity contribution in [1.29, 1.82) is 0 Å². The Morgan fingerprint density at radius 3 is 2.34 bits per heavy atom. The molecule has 1 atom stereocenters. The third-order valence-electron chi connectivity index (χ3n) is 7.06. The van der Waals surface area contributed by atoms with Gasteiger partial charge in [0.15, 0.2) is 0 Å². The summed E-state index contributed by atoms with van der Waals surface area (Å²) in [4.78, 5) is 40.9. The molecule has 2 saturated carbocycles. The van der Waals surface area contributed by atoms with E-state index >= 15 is 0 Å². The van der Waals surface area contributed by atoms with Crippen LogP contribution in [0.2, 0.25) is 5.02 Å². The standard InChI is InChI=1S/C22H27ClF2N4O3/c23-14-1-2-17(26)15(11-14)20(32)29-9-7-28(8-10-29)18(30)13-27-19(31)16-12-21(16)3-5-22(24,25)6-4-21/h1-2,11,16H,3-10,12-13,26H2,(H,27,31). The van der Waals surface area contributed by atoms with E-state index in [1.807, 2.05) is 0 Å². The molecule has 3 fully saturated rings. The number of alkyl halides is 2. The first-order valence-corrected chi connectivity index (χ1v) is 11.3. The van der Waals surface area contributed by atoms with E-state index in [0.717, 1.165) is 0 Å². The van der Waals surface area contributed by atoms with E-state index in [1.165, 1.54) is 6.07 Å². The van der Waals surface area contributed by atoms with Crippen LogP contribution in [0, 0.1) is 11.3 Å². The van der Waals surface area contributed by atoms with Crippen molar-refractivity contribution in [2.75, 3.05) is 38.5 Å². The van der Waals surface area contributed by atoms with Gasteiger partial charge < -0.3 is 20.9 Å². The average molecular weight is 469 g/mol. The first kappa shape index (κ1) is 22.8. The van der Waals surface area contributed by atoms with Gasteiger partial charge in [0.25, 0.3) is 5.91 Å². The van der Waals surface area contributed by atoms with Crippen LogP contribution in [0.5, 0.6) is 0 Å². The quantitative estimate of drug-likeness (QED) is 0.664. The molecule has 3 N–H and O–H groups in total. The Balaban J connectivity index is 1.22. The lowest BCUT2D eigenvalue weighted by molar-refractivity contribution is -0.134. The van der Waals surface area contributed by atoms with Gasteiger partial charge in [-0.3, -0.25) is 14.4 Å². The molecule has 1 aromatic rings. The van der Waals surface area contributed by atoms with Crippen molar-refractivity contribution in [3.63, 3.8) is 0 Å². The molecule has 1 heterocycles. The number of nitrogens with one attached hydrogen (secondary N) is 1. The van der Waals surface area contributed by atoms with E-state index in [9.17, 15) is 23.2 Å². The lowest BCUT2D eigenvalue weighted by atomic mass is 9.82. The fraction of sp³-hybridized carbons (Fsp3) is 0.591. The number of halogens is 3. The van der Waals surface area contributed by atoms with Crippen LogP contribution in [0.1, 0.15) is 42.5 Å². The Hall–Kier alpha value is -2.42. The number of carbonyl (C=O) groups excluding carboxylic acids is 3. The van der Waals surface area contributed by atoms with Crippen molar-refractivity contribution in [3.05, 3.63) is 28.8 Å². The summed E-state index contributed by atoms with van der Waals surface area (Å²) in [5.41, 5.74) is 6.27. The summed E-state index contributed by atoms with van der Waals surface area (Å²) in [6, 6.07) is 4.73. The first-order valence-electron chi connectivity index (χ1n) is 10.9. The number of hydrogen-bond donors (Lipinski definition) is 2. The number of nitrogens with zero attached hydrogens (tertiary/aromatic N) is 2. The highest BCUT2D eigenvalue weighted by molar-refractivity contribution is 6.31. The second-order valence-electron chi connectivity index (χ2n) is 9.10. The second-order valence-corrected chi connectivity index (χ2v) is 9.53. The Labute approximate surface area is 190 Å². The van der Waals surface area contributed by atoms with Gasteiger partial charge >= 0.3 is 0 Å². The van der Waals surface area contributed by atoms with E-state index < -0.39 is 5.92 Å². The number of carbonyl (C=O) groups is 3. The van der Waals surface area contributed by atoms with Crippen molar-refractivity contribution in [3.8, 4) is 0 Å². The molecule has 4 rings (SSSR count). The molecule has 1 spiro atoms. The van der Waals surface area contributed by atoms with E-state index in [2.05, 4.69) is 5.32 Å². The topological polar surface area (TPSA) is 95.7 Å². The van der Waals surface area contributed by atoms with E-state index in [0.29, 0.717) is 61.7 Å². The van der Waals surface area contributed by atoms with Crippen molar-refractivity contribution < 1.29 is 23.2 Å². The fourth-order valence-electron chi connectivity index (χ4n) is 4.83. The van der Waals surface area contributed by atoms with Crippen molar-refractivity contribution >= 4 is 35.0 Å². The smallest absolute Gasteiger partial charge is 0.256 e. The number of benzene rings is 1. The summed E-state index contributed by atoms with van der Waals surface area (Å²) in [6.45, 7) is 1.28. The molecule has 3 amide bonds. The van der Waals surface area contributed by atoms with Gasteiger partial charge in [0.2, 0.25) is 17.7 Å². The summed E-state index contributed by atoms with van der Waals surface area (Å²) < 4.78 is 26.8. The minimum atomic E-state index is -2.62. The van der Waals surface area contributed by atoms with Crippen molar-refractivity contribution in [2.24, 2.45) is 11.3 Å². The molecule has 10 heteroatoms. The van der Waals surface area contributed by atoms with Gasteiger partial charge in [0.1, 0.15) is 0 Å². The van der Waals surface area contributed by atoms with E-state index in [1.54, 1.807) is 21.9 Å². The van der Waals surface area contributed by atoms with Crippen LogP contribution in [0.25, 0.3) is 0 Å². The maximum absolute atomic E-state index is 13.4. The highest BCUT2D eigenvalue weighted by Crippen LogP contribution is 2.63. The van der Waals surface area contributed by atoms with Gasteiger partial charge in [-0.05, 0) is 42.9 Å². The number of amides is 3. The third kappa shape index (κ3) is 4.67. The molecule has 3 aliphatic rings. The van der Waals surface area contributed by atoms with Crippen LogP contribution in [-0.4, -0.2) is 66.2 Å². The van der Waals surface area contributed by atoms with Crippen LogP contribution in [0.15, 0.2) is 18.2 Å². The second kappa shape index (κ2) is 8.50. The number of nitrogen functional groups attached to an aromatic ring is 1. The van der Waals surface area contributed by atoms with Gasteiger partial charge in [-0.2, -0.15) is 0 Å². The van der Waals surface area contributed by atoms with Crippen molar-refractivity contribution in [2.45, 2.75) is 38.0 Å². The number of anilines is 1. The molecule has 1 saturated heterocycles. The molecular weight excluding hydrogens is 442 g/mol. The largest absolute Gasteiger partial charge is 0.398 e. The van der Waals surface area contributed by atoms with Crippen molar-refractivity contribution in [1.82, 2.24) is 15.1 Å². The highest BCUT2D eigenvalue weighted by atomic mass is 35.5. The summed E-state index contributed by atoms with van der Waals surface area (Å²) in [5.74, 6) is -3.58. The number of hydrogen-bond acceptors (Lipinski definition) is 4. The van der Waals surface area contributed by atoms with Crippen LogP contribution in [0.4, 0.5) is 14.5 Å². The minimum absolute atomic E-state index is 0.128. The van der Waals surface area contributed by atoms with Gasteiger partial charge in [0.05, 0.1) is 12.1 Å². The zero-order valence-corrected chi connectivity index (χ0v) is 18.5. The molecule has 1 aliphatic heterocycles. The molecule has 32 heavy (non-hydrogen) atoms. The molecule has 0 radical (unpaired) electrons.